The first-order valence-electron chi connectivity index (χ1n) is 9.64. The highest BCUT2D eigenvalue weighted by Crippen LogP contribution is 2.26. The zero-order valence-electron chi connectivity index (χ0n) is 16.8. The van der Waals surface area contributed by atoms with Crippen LogP contribution in [-0.4, -0.2) is 32.8 Å². The number of nitrogens with zero attached hydrogens (tertiary/aromatic N) is 4. The van der Waals surface area contributed by atoms with Crippen LogP contribution in [0.4, 0.5) is 5.69 Å². The molecule has 1 amide bonds. The van der Waals surface area contributed by atoms with Gasteiger partial charge in [0.15, 0.2) is 11.5 Å². The van der Waals surface area contributed by atoms with E-state index in [1.165, 1.54) is 7.11 Å². The van der Waals surface area contributed by atoms with Crippen LogP contribution in [0.1, 0.15) is 10.4 Å². The Morgan fingerprint density at radius 1 is 1.06 bits per heavy atom. The first kappa shape index (κ1) is 20.2. The summed E-state index contributed by atoms with van der Waals surface area (Å²) >= 11 is 7.62. The molecule has 158 valence electrons. The van der Waals surface area contributed by atoms with Crippen molar-refractivity contribution in [3.63, 3.8) is 0 Å². The van der Waals surface area contributed by atoms with Gasteiger partial charge in [-0.05, 0) is 53.9 Å². The summed E-state index contributed by atoms with van der Waals surface area (Å²) < 4.78 is 7.00. The van der Waals surface area contributed by atoms with Gasteiger partial charge >= 0.3 is 0 Å². The fourth-order valence-corrected chi connectivity index (χ4v) is 4.15. The first-order valence-corrected chi connectivity index (χ1v) is 10.9. The van der Waals surface area contributed by atoms with Crippen molar-refractivity contribution >= 4 is 40.2 Å². The minimum absolute atomic E-state index is 0.304. The van der Waals surface area contributed by atoms with Crippen LogP contribution in [0, 0.1) is 0 Å². The van der Waals surface area contributed by atoms with E-state index in [9.17, 15) is 4.79 Å². The molecule has 0 atom stereocenters. The normalized spacial score (nSPS) is 10.9. The minimum Gasteiger partial charge on any atom is -0.496 e. The number of benzene rings is 2. The summed E-state index contributed by atoms with van der Waals surface area (Å²) in [5, 5.41) is 18.5. The van der Waals surface area contributed by atoms with Gasteiger partial charge in [0.2, 0.25) is 0 Å². The zero-order chi connectivity index (χ0) is 22.1. The van der Waals surface area contributed by atoms with Gasteiger partial charge in [0, 0.05) is 16.3 Å². The van der Waals surface area contributed by atoms with Crippen LogP contribution in [0.2, 0.25) is 5.02 Å². The predicted octanol–water partition coefficient (Wildman–Crippen LogP) is 5.43. The fraction of sp³-hybridized carbons (Fsp3) is 0.0435. The molecule has 0 spiro atoms. The Morgan fingerprint density at radius 2 is 1.91 bits per heavy atom. The number of nitrogens with one attached hydrogen (secondary N) is 1. The lowest BCUT2D eigenvalue weighted by molar-refractivity contribution is 0.102. The van der Waals surface area contributed by atoms with Crippen LogP contribution < -0.4 is 10.1 Å². The maximum atomic E-state index is 12.7. The number of fused-ring (bicyclic) bond motifs is 1. The molecule has 0 fully saturated rings. The third kappa shape index (κ3) is 3.81. The van der Waals surface area contributed by atoms with Crippen molar-refractivity contribution < 1.29 is 9.53 Å². The molecule has 1 N–H and O–H groups in total. The van der Waals surface area contributed by atoms with Crippen LogP contribution in [0.15, 0.2) is 72.1 Å². The summed E-state index contributed by atoms with van der Waals surface area (Å²) in [5.74, 6) is 0.856. The van der Waals surface area contributed by atoms with E-state index in [1.54, 1.807) is 34.1 Å². The second-order valence-corrected chi connectivity index (χ2v) is 8.25. The fourth-order valence-electron chi connectivity index (χ4n) is 3.28. The van der Waals surface area contributed by atoms with E-state index in [1.807, 2.05) is 53.9 Å². The number of hydrogen-bond donors (Lipinski definition) is 1. The average molecular weight is 462 g/mol. The summed E-state index contributed by atoms with van der Waals surface area (Å²) in [5.41, 5.74) is 3.35. The molecule has 0 saturated heterocycles. The monoisotopic (exact) mass is 461 g/mol. The Kier molecular flexibility index (Phi) is 5.30. The number of rotatable bonds is 5. The topological polar surface area (TPSA) is 81.4 Å². The molecule has 0 aliphatic heterocycles. The first-order chi connectivity index (χ1) is 15.6. The Bertz CT molecular complexity index is 1410. The number of methoxy groups -OCH3 is 1. The lowest BCUT2D eigenvalue weighted by Gasteiger charge is -2.10. The number of hydrogen-bond acceptors (Lipinski definition) is 6. The van der Waals surface area contributed by atoms with E-state index in [0.29, 0.717) is 33.5 Å². The van der Waals surface area contributed by atoms with E-state index in [2.05, 4.69) is 15.5 Å². The summed E-state index contributed by atoms with van der Waals surface area (Å²) in [7, 11) is 1.51. The molecule has 5 aromatic rings. The van der Waals surface area contributed by atoms with Gasteiger partial charge in [0.25, 0.3) is 5.91 Å². The smallest absolute Gasteiger partial charge is 0.259 e. The van der Waals surface area contributed by atoms with Gasteiger partial charge in [-0.25, -0.2) is 0 Å². The van der Waals surface area contributed by atoms with Crippen LogP contribution >= 0.6 is 22.9 Å². The number of anilines is 1. The largest absolute Gasteiger partial charge is 0.496 e. The zero-order valence-corrected chi connectivity index (χ0v) is 18.4. The lowest BCUT2D eigenvalue weighted by atomic mass is 10.1. The third-order valence-corrected chi connectivity index (χ3v) is 5.95. The summed E-state index contributed by atoms with van der Waals surface area (Å²) in [6, 6.07) is 20.1. The van der Waals surface area contributed by atoms with E-state index in [0.717, 1.165) is 16.1 Å². The van der Waals surface area contributed by atoms with Crippen LogP contribution in [0.25, 0.3) is 27.6 Å². The average Bonchev–Trinajstić information content (AvgIpc) is 3.49. The highest BCUT2D eigenvalue weighted by Gasteiger charge is 2.14. The molecule has 0 aliphatic carbocycles. The quantitative estimate of drug-likeness (QED) is 0.377. The Morgan fingerprint density at radius 3 is 2.66 bits per heavy atom. The standard InChI is InChI=1S/C23H16ClN5O2S/c1-31-19-10-6-15(24)13-17(19)23(30)25-16-7-4-14(5-8-16)18-9-11-21-26-27-22(29(21)28-18)20-3-2-12-32-20/h2-13H,1H3,(H,25,30). The van der Waals surface area contributed by atoms with E-state index >= 15 is 0 Å². The van der Waals surface area contributed by atoms with Gasteiger partial charge in [-0.2, -0.15) is 9.61 Å². The molecule has 0 bridgehead atoms. The molecule has 9 heteroatoms. The molecule has 0 aliphatic rings. The Hall–Kier alpha value is -3.75. The van der Waals surface area contributed by atoms with Crippen molar-refractivity contribution in [1.29, 1.82) is 0 Å². The maximum Gasteiger partial charge on any atom is 0.259 e. The number of aromatic nitrogens is 4. The van der Waals surface area contributed by atoms with Crippen molar-refractivity contribution in [3.8, 4) is 27.7 Å². The molecular weight excluding hydrogens is 446 g/mol. The Balaban J connectivity index is 1.40. The molecule has 7 nitrogen and oxygen atoms in total. The Labute approximate surface area is 192 Å². The molecule has 32 heavy (non-hydrogen) atoms. The van der Waals surface area contributed by atoms with Gasteiger partial charge in [-0.3, -0.25) is 4.79 Å². The molecular formula is C23H16ClN5O2S. The minimum atomic E-state index is -0.304. The number of thiophene rings is 1. The molecule has 5 rings (SSSR count). The van der Waals surface area contributed by atoms with Gasteiger partial charge in [-0.1, -0.05) is 29.8 Å². The van der Waals surface area contributed by atoms with Gasteiger partial charge in [-0.15, -0.1) is 21.5 Å². The van der Waals surface area contributed by atoms with Gasteiger partial charge in [0.05, 0.1) is 23.2 Å². The van der Waals surface area contributed by atoms with Crippen molar-refractivity contribution in [2.75, 3.05) is 12.4 Å². The number of ether oxygens (including phenoxy) is 1. The van der Waals surface area contributed by atoms with Crippen LogP contribution in [0.5, 0.6) is 5.75 Å². The number of halogens is 1. The van der Waals surface area contributed by atoms with Crippen molar-refractivity contribution in [2.45, 2.75) is 0 Å². The molecule has 0 unspecified atom stereocenters. The highest BCUT2D eigenvalue weighted by atomic mass is 35.5. The van der Waals surface area contributed by atoms with E-state index in [-0.39, 0.29) is 5.91 Å². The number of carbonyl (C=O) groups is 1. The summed E-state index contributed by atoms with van der Waals surface area (Å²) in [4.78, 5) is 13.7. The molecule has 0 radical (unpaired) electrons. The highest BCUT2D eigenvalue weighted by molar-refractivity contribution is 7.13. The summed E-state index contributed by atoms with van der Waals surface area (Å²) in [6.45, 7) is 0. The molecule has 3 aromatic heterocycles. The lowest BCUT2D eigenvalue weighted by Crippen LogP contribution is -2.13. The van der Waals surface area contributed by atoms with Crippen LogP contribution in [-0.2, 0) is 0 Å². The number of amides is 1. The summed E-state index contributed by atoms with van der Waals surface area (Å²) in [6.07, 6.45) is 0. The van der Waals surface area contributed by atoms with Crippen molar-refractivity contribution in [3.05, 3.63) is 82.7 Å². The number of carbonyl (C=O) groups excluding carboxylic acids is 1. The second-order valence-electron chi connectivity index (χ2n) is 6.87. The predicted molar refractivity (Wildman–Crippen MR) is 125 cm³/mol. The molecule has 3 heterocycles. The molecule has 2 aromatic carbocycles. The van der Waals surface area contributed by atoms with Crippen molar-refractivity contribution in [1.82, 2.24) is 19.8 Å². The van der Waals surface area contributed by atoms with Gasteiger partial charge in [0.1, 0.15) is 5.75 Å². The van der Waals surface area contributed by atoms with Gasteiger partial charge < -0.3 is 10.1 Å². The van der Waals surface area contributed by atoms with E-state index in [4.69, 9.17) is 21.4 Å². The SMILES string of the molecule is COc1ccc(Cl)cc1C(=O)Nc1ccc(-c2ccc3nnc(-c4cccs4)n3n2)cc1. The van der Waals surface area contributed by atoms with Crippen molar-refractivity contribution in [2.24, 2.45) is 0 Å². The van der Waals surface area contributed by atoms with Crippen LogP contribution in [0.3, 0.4) is 0 Å². The maximum absolute atomic E-state index is 12.7. The second kappa shape index (κ2) is 8.41. The molecule has 0 saturated carbocycles. The van der Waals surface area contributed by atoms with E-state index < -0.39 is 0 Å². The third-order valence-electron chi connectivity index (χ3n) is 4.85.